The molecule has 0 fully saturated rings. The molecule has 0 aliphatic rings. The van der Waals surface area contributed by atoms with Crippen LogP contribution in [0.3, 0.4) is 0 Å². The second-order valence-electron chi connectivity index (χ2n) is 4.58. The van der Waals surface area contributed by atoms with E-state index in [1.165, 1.54) is 37.5 Å². The standard InChI is InChI=1S/C14H11N3O4S2/c1-9(18)10-4-6-11(7-5-10)23(19,20)17-14-16-15-13(22-14)12-3-2-8-21-12/h2-8H,1H3,(H,16,17). The van der Waals surface area contributed by atoms with Gasteiger partial charge in [-0.1, -0.05) is 23.5 Å². The summed E-state index contributed by atoms with van der Waals surface area (Å²) >= 11 is 1.06. The molecule has 7 nitrogen and oxygen atoms in total. The summed E-state index contributed by atoms with van der Waals surface area (Å²) in [5.74, 6) is 0.382. The zero-order chi connectivity index (χ0) is 16.4. The molecule has 118 valence electrons. The van der Waals surface area contributed by atoms with Gasteiger partial charge in [0.05, 0.1) is 11.2 Å². The molecule has 0 aliphatic carbocycles. The zero-order valence-corrected chi connectivity index (χ0v) is 13.5. The number of sulfonamides is 1. The molecule has 2 aromatic heterocycles. The van der Waals surface area contributed by atoms with Crippen molar-refractivity contribution in [2.45, 2.75) is 11.8 Å². The van der Waals surface area contributed by atoms with Crippen LogP contribution in [0.15, 0.2) is 52.0 Å². The van der Waals surface area contributed by atoms with E-state index >= 15 is 0 Å². The second-order valence-corrected chi connectivity index (χ2v) is 7.24. The Morgan fingerprint density at radius 3 is 2.52 bits per heavy atom. The maximum Gasteiger partial charge on any atom is 0.263 e. The van der Waals surface area contributed by atoms with Gasteiger partial charge in [-0.2, -0.15) is 0 Å². The van der Waals surface area contributed by atoms with E-state index in [-0.39, 0.29) is 15.8 Å². The molecule has 1 aromatic carbocycles. The lowest BCUT2D eigenvalue weighted by Crippen LogP contribution is -2.13. The summed E-state index contributed by atoms with van der Waals surface area (Å²) in [5.41, 5.74) is 0.444. The first-order chi connectivity index (χ1) is 11.0. The lowest BCUT2D eigenvalue weighted by Gasteiger charge is -2.05. The number of nitrogens with zero attached hydrogens (tertiary/aromatic N) is 2. The first-order valence-corrected chi connectivity index (χ1v) is 8.77. The van der Waals surface area contributed by atoms with Crippen molar-refractivity contribution in [1.29, 1.82) is 0 Å². The summed E-state index contributed by atoms with van der Waals surface area (Å²) in [6.45, 7) is 1.42. The van der Waals surface area contributed by atoms with Crippen LogP contribution in [-0.4, -0.2) is 24.4 Å². The van der Waals surface area contributed by atoms with Gasteiger partial charge in [-0.05, 0) is 31.2 Å². The molecule has 23 heavy (non-hydrogen) atoms. The number of hydrogen-bond donors (Lipinski definition) is 1. The van der Waals surface area contributed by atoms with E-state index in [2.05, 4.69) is 14.9 Å². The largest absolute Gasteiger partial charge is 0.462 e. The molecule has 0 saturated carbocycles. The minimum Gasteiger partial charge on any atom is -0.462 e. The Morgan fingerprint density at radius 2 is 1.91 bits per heavy atom. The molecule has 0 atom stereocenters. The highest BCUT2D eigenvalue weighted by molar-refractivity contribution is 7.93. The number of benzene rings is 1. The molecule has 0 spiro atoms. The predicted molar refractivity (Wildman–Crippen MR) is 84.9 cm³/mol. The molecule has 1 N–H and O–H groups in total. The van der Waals surface area contributed by atoms with Gasteiger partial charge in [-0.15, -0.1) is 10.2 Å². The normalized spacial score (nSPS) is 11.3. The van der Waals surface area contributed by atoms with Gasteiger partial charge in [-0.25, -0.2) is 8.42 Å². The number of rotatable bonds is 5. The van der Waals surface area contributed by atoms with Crippen molar-refractivity contribution in [3.05, 3.63) is 48.2 Å². The molecule has 3 aromatic rings. The predicted octanol–water partition coefficient (Wildman–Crippen LogP) is 2.80. The van der Waals surface area contributed by atoms with Gasteiger partial charge in [0.2, 0.25) is 5.13 Å². The summed E-state index contributed by atoms with van der Waals surface area (Å²) in [7, 11) is -3.80. The number of anilines is 1. The summed E-state index contributed by atoms with van der Waals surface area (Å²) in [6, 6.07) is 9.08. The lowest BCUT2D eigenvalue weighted by molar-refractivity contribution is 0.101. The SMILES string of the molecule is CC(=O)c1ccc(S(=O)(=O)Nc2nnc(-c3ccco3)s2)cc1. The lowest BCUT2D eigenvalue weighted by atomic mass is 10.2. The van der Waals surface area contributed by atoms with E-state index in [0.29, 0.717) is 16.3 Å². The van der Waals surface area contributed by atoms with E-state index in [0.717, 1.165) is 11.3 Å². The van der Waals surface area contributed by atoms with E-state index in [1.54, 1.807) is 12.1 Å². The maximum absolute atomic E-state index is 12.3. The minimum atomic E-state index is -3.80. The Balaban J connectivity index is 1.82. The number of ketones is 1. The van der Waals surface area contributed by atoms with Gasteiger partial charge in [0.1, 0.15) is 0 Å². The number of carbonyl (C=O) groups excluding carboxylic acids is 1. The Kier molecular flexibility index (Phi) is 3.97. The number of hydrogen-bond acceptors (Lipinski definition) is 7. The third-order valence-electron chi connectivity index (χ3n) is 2.95. The van der Waals surface area contributed by atoms with Crippen LogP contribution in [0.4, 0.5) is 5.13 Å². The van der Waals surface area contributed by atoms with Gasteiger partial charge >= 0.3 is 0 Å². The summed E-state index contributed by atoms with van der Waals surface area (Å²) < 4.78 is 32.1. The Hall–Kier alpha value is -2.52. The van der Waals surface area contributed by atoms with Gasteiger partial charge in [0, 0.05) is 5.56 Å². The van der Waals surface area contributed by atoms with E-state index in [9.17, 15) is 13.2 Å². The van der Waals surface area contributed by atoms with Crippen LogP contribution >= 0.6 is 11.3 Å². The number of aromatic nitrogens is 2. The van der Waals surface area contributed by atoms with Crippen LogP contribution in [0, 0.1) is 0 Å². The Labute approximate surface area is 136 Å². The van der Waals surface area contributed by atoms with Gasteiger partial charge in [0.25, 0.3) is 10.0 Å². The van der Waals surface area contributed by atoms with Crippen molar-refractivity contribution < 1.29 is 17.6 Å². The zero-order valence-electron chi connectivity index (χ0n) is 11.9. The smallest absolute Gasteiger partial charge is 0.263 e. The molecule has 9 heteroatoms. The van der Waals surface area contributed by atoms with Crippen LogP contribution < -0.4 is 4.72 Å². The Morgan fingerprint density at radius 1 is 1.17 bits per heavy atom. The number of carbonyl (C=O) groups is 1. The molecule has 0 unspecified atom stereocenters. The summed E-state index contributed by atoms with van der Waals surface area (Å²) in [5, 5.41) is 8.27. The first kappa shape index (κ1) is 15.4. The number of Topliss-reactive ketones (excluding diaryl/α,β-unsaturated/α-hetero) is 1. The second kappa shape index (κ2) is 5.94. The van der Waals surface area contributed by atoms with Crippen LogP contribution in [0.25, 0.3) is 10.8 Å². The molecule has 0 aliphatic heterocycles. The molecule has 0 amide bonds. The number of nitrogens with one attached hydrogen (secondary N) is 1. The average Bonchev–Trinajstić information content (AvgIpc) is 3.18. The minimum absolute atomic E-state index is 0.0391. The topological polar surface area (TPSA) is 102 Å². The first-order valence-electron chi connectivity index (χ1n) is 6.47. The van der Waals surface area contributed by atoms with Crippen molar-refractivity contribution in [3.63, 3.8) is 0 Å². The average molecular weight is 349 g/mol. The highest BCUT2D eigenvalue weighted by Crippen LogP contribution is 2.28. The van der Waals surface area contributed by atoms with E-state index < -0.39 is 10.0 Å². The summed E-state index contributed by atoms with van der Waals surface area (Å²) in [6.07, 6.45) is 1.50. The van der Waals surface area contributed by atoms with Crippen LogP contribution in [-0.2, 0) is 10.0 Å². The highest BCUT2D eigenvalue weighted by atomic mass is 32.2. The van der Waals surface area contributed by atoms with Gasteiger partial charge in [-0.3, -0.25) is 9.52 Å². The Bertz CT molecular complexity index is 929. The fraction of sp³-hybridized carbons (Fsp3) is 0.0714. The third kappa shape index (κ3) is 3.30. The van der Waals surface area contributed by atoms with Gasteiger partial charge < -0.3 is 4.42 Å². The third-order valence-corrected chi connectivity index (χ3v) is 5.29. The molecule has 0 radical (unpaired) electrons. The number of furan rings is 1. The van der Waals surface area contributed by atoms with E-state index in [4.69, 9.17) is 4.42 Å². The maximum atomic E-state index is 12.3. The molecule has 3 rings (SSSR count). The quantitative estimate of drug-likeness (QED) is 0.711. The summed E-state index contributed by atoms with van der Waals surface area (Å²) in [4.78, 5) is 11.3. The monoisotopic (exact) mass is 349 g/mol. The fourth-order valence-corrected chi connectivity index (χ4v) is 3.75. The molecule has 0 bridgehead atoms. The van der Waals surface area contributed by atoms with E-state index in [1.807, 2.05) is 0 Å². The van der Waals surface area contributed by atoms with Crippen molar-refractivity contribution in [2.24, 2.45) is 0 Å². The molecular weight excluding hydrogens is 338 g/mol. The van der Waals surface area contributed by atoms with Gasteiger partial charge in [0.15, 0.2) is 16.6 Å². The van der Waals surface area contributed by atoms with Crippen molar-refractivity contribution in [1.82, 2.24) is 10.2 Å². The van der Waals surface area contributed by atoms with Crippen LogP contribution in [0.2, 0.25) is 0 Å². The van der Waals surface area contributed by atoms with Crippen molar-refractivity contribution >= 4 is 32.3 Å². The molecular formula is C14H11N3O4S2. The molecule has 2 heterocycles. The van der Waals surface area contributed by atoms with Crippen LogP contribution in [0.5, 0.6) is 0 Å². The van der Waals surface area contributed by atoms with Crippen LogP contribution in [0.1, 0.15) is 17.3 Å². The van der Waals surface area contributed by atoms with Crippen molar-refractivity contribution in [2.75, 3.05) is 4.72 Å². The molecule has 0 saturated heterocycles. The fourth-order valence-electron chi connectivity index (χ4n) is 1.81. The van der Waals surface area contributed by atoms with Crippen molar-refractivity contribution in [3.8, 4) is 10.8 Å². The highest BCUT2D eigenvalue weighted by Gasteiger charge is 2.18.